The lowest BCUT2D eigenvalue weighted by molar-refractivity contribution is -0.168. The van der Waals surface area contributed by atoms with E-state index in [0.29, 0.717) is 6.42 Å². The van der Waals surface area contributed by atoms with Crippen LogP contribution in [0, 0.1) is 11.3 Å². The van der Waals surface area contributed by atoms with E-state index in [2.05, 4.69) is 29.6 Å². The number of carbonyl (C=O) groups is 3. The molecule has 0 spiro atoms. The second-order valence-electron chi connectivity index (χ2n) is 9.18. The maximum atomic E-state index is 12.8. The van der Waals surface area contributed by atoms with Gasteiger partial charge in [0.2, 0.25) is 5.91 Å². The van der Waals surface area contributed by atoms with Crippen LogP contribution in [-0.2, 0) is 14.3 Å². The Balaban J connectivity index is 1.32. The first kappa shape index (κ1) is 22.8. The molecule has 2 N–H and O–H groups in total. The smallest absolute Gasteiger partial charge is 0.407 e. The molecule has 2 atom stereocenters. The molecule has 1 heterocycles. The van der Waals surface area contributed by atoms with Crippen LogP contribution in [0.15, 0.2) is 48.5 Å². The molecule has 7 nitrogen and oxygen atoms in total. The molecule has 4 rings (SSSR count). The molecule has 2 aromatic rings. The van der Waals surface area contributed by atoms with Crippen molar-refractivity contribution in [2.75, 3.05) is 19.7 Å². The van der Waals surface area contributed by atoms with Crippen molar-refractivity contribution in [3.8, 4) is 11.1 Å². The van der Waals surface area contributed by atoms with Crippen LogP contribution in [0.1, 0.15) is 44.2 Å². The van der Waals surface area contributed by atoms with Gasteiger partial charge >= 0.3 is 12.1 Å². The third kappa shape index (κ3) is 4.08. The molecule has 0 aromatic heterocycles. The summed E-state index contributed by atoms with van der Waals surface area (Å²) in [7, 11) is 0. The summed E-state index contributed by atoms with van der Waals surface area (Å²) in [5.41, 5.74) is 3.75. The number of alkyl carbamates (subject to hydrolysis) is 1. The number of hydrogen-bond donors (Lipinski definition) is 2. The molecule has 33 heavy (non-hydrogen) atoms. The number of hydrogen-bond acceptors (Lipinski definition) is 4. The molecule has 0 radical (unpaired) electrons. The van der Waals surface area contributed by atoms with Crippen LogP contribution in [0.3, 0.4) is 0 Å². The molecule has 2 aliphatic rings. The fraction of sp³-hybridized carbons (Fsp3) is 0.423. The minimum absolute atomic E-state index is 0.0308. The lowest BCUT2D eigenvalue weighted by Crippen LogP contribution is -2.63. The normalized spacial score (nSPS) is 17.8. The number of ether oxygens (including phenoxy) is 1. The SMILES string of the molecule is CCC1(C(=O)O)CN(C(=O)C(C)C(C)NC(=O)OCC2c3ccccc3-c3ccccc32)C1. The zero-order valence-electron chi connectivity index (χ0n) is 19.2. The summed E-state index contributed by atoms with van der Waals surface area (Å²) in [4.78, 5) is 38.3. The number of carboxylic acids is 1. The van der Waals surface area contributed by atoms with E-state index in [0.717, 1.165) is 22.3 Å². The fourth-order valence-electron chi connectivity index (χ4n) is 4.80. The first-order valence-corrected chi connectivity index (χ1v) is 11.4. The molecule has 174 valence electrons. The van der Waals surface area contributed by atoms with Gasteiger partial charge in [-0.25, -0.2) is 4.79 Å². The summed E-state index contributed by atoms with van der Waals surface area (Å²) >= 11 is 0. The van der Waals surface area contributed by atoms with Crippen LogP contribution in [0.25, 0.3) is 11.1 Å². The van der Waals surface area contributed by atoms with E-state index < -0.39 is 29.4 Å². The van der Waals surface area contributed by atoms with Gasteiger partial charge in [0.25, 0.3) is 0 Å². The molecule has 2 unspecified atom stereocenters. The van der Waals surface area contributed by atoms with Crippen molar-refractivity contribution < 1.29 is 24.2 Å². The monoisotopic (exact) mass is 450 g/mol. The van der Waals surface area contributed by atoms with E-state index in [1.807, 2.05) is 31.2 Å². The summed E-state index contributed by atoms with van der Waals surface area (Å²) in [5, 5.41) is 12.2. The van der Waals surface area contributed by atoms with Crippen LogP contribution in [-0.4, -0.2) is 53.7 Å². The van der Waals surface area contributed by atoms with Gasteiger partial charge in [-0.1, -0.05) is 62.4 Å². The Morgan fingerprint density at radius 1 is 1.06 bits per heavy atom. The third-order valence-corrected chi connectivity index (χ3v) is 7.26. The van der Waals surface area contributed by atoms with Crippen molar-refractivity contribution in [3.63, 3.8) is 0 Å². The number of aliphatic carboxylic acids is 1. The second kappa shape index (κ2) is 8.89. The van der Waals surface area contributed by atoms with Gasteiger partial charge < -0.3 is 20.1 Å². The zero-order valence-corrected chi connectivity index (χ0v) is 19.2. The maximum Gasteiger partial charge on any atom is 0.407 e. The van der Waals surface area contributed by atoms with Gasteiger partial charge in [0.1, 0.15) is 12.0 Å². The highest BCUT2D eigenvalue weighted by Crippen LogP contribution is 2.44. The maximum absolute atomic E-state index is 12.8. The van der Waals surface area contributed by atoms with Gasteiger partial charge in [-0.2, -0.15) is 0 Å². The van der Waals surface area contributed by atoms with Gasteiger partial charge in [0, 0.05) is 25.0 Å². The molecular formula is C26H30N2O5. The number of rotatable bonds is 7. The number of likely N-dealkylation sites (tertiary alicyclic amines) is 1. The molecule has 2 amide bonds. The Kier molecular flexibility index (Phi) is 6.15. The lowest BCUT2D eigenvalue weighted by atomic mass is 9.76. The van der Waals surface area contributed by atoms with E-state index in [-0.39, 0.29) is 31.5 Å². The van der Waals surface area contributed by atoms with Gasteiger partial charge in [0.05, 0.1) is 5.92 Å². The highest BCUT2D eigenvalue weighted by molar-refractivity contribution is 5.85. The molecule has 7 heteroatoms. The molecule has 0 bridgehead atoms. The highest BCUT2D eigenvalue weighted by Gasteiger charge is 2.50. The first-order valence-electron chi connectivity index (χ1n) is 11.4. The number of benzene rings is 2. The quantitative estimate of drug-likeness (QED) is 0.668. The topological polar surface area (TPSA) is 95.9 Å². The zero-order chi connectivity index (χ0) is 23.8. The van der Waals surface area contributed by atoms with Crippen molar-refractivity contribution in [2.45, 2.75) is 39.2 Å². The van der Waals surface area contributed by atoms with E-state index in [1.165, 1.54) is 0 Å². The van der Waals surface area contributed by atoms with Crippen LogP contribution < -0.4 is 5.32 Å². The van der Waals surface area contributed by atoms with Gasteiger partial charge in [-0.3, -0.25) is 9.59 Å². The van der Waals surface area contributed by atoms with Gasteiger partial charge in [-0.15, -0.1) is 0 Å². The second-order valence-corrected chi connectivity index (χ2v) is 9.18. The summed E-state index contributed by atoms with van der Waals surface area (Å²) in [6, 6.07) is 15.8. The summed E-state index contributed by atoms with van der Waals surface area (Å²) in [6.07, 6.45) is -0.0883. The fourth-order valence-corrected chi connectivity index (χ4v) is 4.80. The number of nitrogens with zero attached hydrogens (tertiary/aromatic N) is 1. The number of fused-ring (bicyclic) bond motifs is 3. The van der Waals surface area contributed by atoms with E-state index in [4.69, 9.17) is 4.74 Å². The number of carbonyl (C=O) groups excluding carboxylic acids is 2. The van der Waals surface area contributed by atoms with Crippen molar-refractivity contribution in [1.82, 2.24) is 10.2 Å². The van der Waals surface area contributed by atoms with E-state index >= 15 is 0 Å². The first-order chi connectivity index (χ1) is 15.8. The minimum atomic E-state index is -0.869. The summed E-state index contributed by atoms with van der Waals surface area (Å²) < 4.78 is 5.57. The van der Waals surface area contributed by atoms with Gasteiger partial charge in [0.15, 0.2) is 0 Å². The van der Waals surface area contributed by atoms with Crippen molar-refractivity contribution in [1.29, 1.82) is 0 Å². The number of carboxylic acid groups (broad SMARTS) is 1. The summed E-state index contributed by atoms with van der Waals surface area (Å²) in [6.45, 7) is 5.94. The van der Waals surface area contributed by atoms with E-state index in [9.17, 15) is 19.5 Å². The Labute approximate surface area is 193 Å². The average molecular weight is 451 g/mol. The van der Waals surface area contributed by atoms with Crippen molar-refractivity contribution in [3.05, 3.63) is 59.7 Å². The molecule has 2 aromatic carbocycles. The lowest BCUT2D eigenvalue weighted by Gasteiger charge is -2.48. The summed E-state index contributed by atoms with van der Waals surface area (Å²) in [5.74, 6) is -1.55. The molecular weight excluding hydrogens is 420 g/mol. The molecule has 1 aliphatic heterocycles. The Morgan fingerprint density at radius 2 is 1.61 bits per heavy atom. The highest BCUT2D eigenvalue weighted by atomic mass is 16.5. The van der Waals surface area contributed by atoms with Crippen LogP contribution in [0.4, 0.5) is 4.79 Å². The molecule has 1 saturated heterocycles. The predicted octanol–water partition coefficient (Wildman–Crippen LogP) is 3.87. The predicted molar refractivity (Wildman–Crippen MR) is 124 cm³/mol. The largest absolute Gasteiger partial charge is 0.481 e. The van der Waals surface area contributed by atoms with Crippen LogP contribution in [0.5, 0.6) is 0 Å². The minimum Gasteiger partial charge on any atom is -0.481 e. The Hall–Kier alpha value is -3.35. The van der Waals surface area contributed by atoms with Crippen LogP contribution >= 0.6 is 0 Å². The van der Waals surface area contributed by atoms with Crippen LogP contribution in [0.2, 0.25) is 0 Å². The third-order valence-electron chi connectivity index (χ3n) is 7.26. The number of amides is 2. The Bertz CT molecular complexity index is 1030. The Morgan fingerprint density at radius 3 is 2.12 bits per heavy atom. The molecule has 0 saturated carbocycles. The molecule has 1 fully saturated rings. The number of nitrogens with one attached hydrogen (secondary N) is 1. The standard InChI is InChI=1S/C26H30N2O5/c1-4-26(24(30)31)14-28(15-26)23(29)16(2)17(3)27-25(32)33-13-22-20-11-7-5-9-18(20)19-10-6-8-12-21(19)22/h5-12,16-17,22H,4,13-15H2,1-3H3,(H,27,32)(H,30,31). The van der Waals surface area contributed by atoms with Crippen molar-refractivity contribution in [2.24, 2.45) is 11.3 Å². The molecule has 1 aliphatic carbocycles. The average Bonchev–Trinajstić information content (AvgIpc) is 3.10. The van der Waals surface area contributed by atoms with Crippen molar-refractivity contribution >= 4 is 18.0 Å². The van der Waals surface area contributed by atoms with Gasteiger partial charge in [-0.05, 0) is 35.6 Å². The van der Waals surface area contributed by atoms with E-state index in [1.54, 1.807) is 18.7 Å².